The number of rotatable bonds is 4. The molecule has 2 amide bonds. The van der Waals surface area contributed by atoms with Gasteiger partial charge in [-0.25, -0.2) is 0 Å². The van der Waals surface area contributed by atoms with Crippen molar-refractivity contribution in [1.82, 2.24) is 24.9 Å². The van der Waals surface area contributed by atoms with Crippen molar-refractivity contribution >= 4 is 23.5 Å². The largest absolute Gasteiger partial charge is 0.382 e. The first-order chi connectivity index (χ1) is 10.8. The molecular formula is C13H16N8O2. The van der Waals surface area contributed by atoms with Gasteiger partial charge in [0.05, 0.1) is 6.07 Å². The van der Waals surface area contributed by atoms with Crippen LogP contribution >= 0.6 is 0 Å². The topological polar surface area (TPSA) is 144 Å². The molecule has 1 unspecified atom stereocenters. The second-order valence-corrected chi connectivity index (χ2v) is 4.89. The van der Waals surface area contributed by atoms with Gasteiger partial charge in [0.2, 0.25) is 0 Å². The molecule has 2 aromatic rings. The number of hydrogen-bond donors (Lipinski definition) is 3. The average molecular weight is 316 g/mol. The zero-order valence-electron chi connectivity index (χ0n) is 12.9. The molecule has 2 rings (SSSR count). The molecule has 0 saturated heterocycles. The Hall–Kier alpha value is -3.35. The minimum absolute atomic E-state index is 0.201. The van der Waals surface area contributed by atoms with E-state index in [0.29, 0.717) is 0 Å². The number of aryl methyl sites for hydroxylation is 2. The van der Waals surface area contributed by atoms with Crippen molar-refractivity contribution in [2.24, 2.45) is 14.1 Å². The predicted octanol–water partition coefficient (Wildman–Crippen LogP) is -0.370. The molecule has 2 aromatic heterocycles. The number of nitrogens with one attached hydrogen (secondary N) is 2. The lowest BCUT2D eigenvalue weighted by atomic mass is 10.3. The molecule has 23 heavy (non-hydrogen) atoms. The van der Waals surface area contributed by atoms with Crippen LogP contribution in [-0.4, -0.2) is 37.4 Å². The molecule has 0 aliphatic carbocycles. The fraction of sp³-hybridized carbons (Fsp3) is 0.308. The van der Waals surface area contributed by atoms with Gasteiger partial charge in [-0.3, -0.25) is 19.0 Å². The van der Waals surface area contributed by atoms with E-state index >= 15 is 0 Å². The lowest BCUT2D eigenvalue weighted by Gasteiger charge is -2.05. The molecule has 0 radical (unpaired) electrons. The maximum absolute atomic E-state index is 12.1. The number of nitrogen functional groups attached to an aromatic ring is 1. The quantitative estimate of drug-likeness (QED) is 0.702. The number of hydrogen-bond acceptors (Lipinski definition) is 6. The zero-order chi connectivity index (χ0) is 17.1. The fourth-order valence-electron chi connectivity index (χ4n) is 1.93. The number of carbonyl (C=O) groups excluding carboxylic acids is 2. The number of nitrogens with zero attached hydrogens (tertiary/aromatic N) is 5. The van der Waals surface area contributed by atoms with Gasteiger partial charge in [-0.1, -0.05) is 0 Å². The summed E-state index contributed by atoms with van der Waals surface area (Å²) in [5.41, 5.74) is 6.00. The molecule has 1 atom stereocenters. The van der Waals surface area contributed by atoms with Crippen molar-refractivity contribution in [3.63, 3.8) is 0 Å². The highest BCUT2D eigenvalue weighted by Gasteiger charge is 2.18. The summed E-state index contributed by atoms with van der Waals surface area (Å²) in [5.74, 6) is -0.484. The smallest absolute Gasteiger partial charge is 0.275 e. The van der Waals surface area contributed by atoms with Crippen molar-refractivity contribution in [3.05, 3.63) is 23.5 Å². The number of nitriles is 1. The molecule has 0 aliphatic heterocycles. The molecule has 0 fully saturated rings. The van der Waals surface area contributed by atoms with Crippen LogP contribution < -0.4 is 16.4 Å². The number of carbonyl (C=O) groups is 2. The predicted molar refractivity (Wildman–Crippen MR) is 81.3 cm³/mol. The van der Waals surface area contributed by atoms with E-state index in [2.05, 4.69) is 20.8 Å². The van der Waals surface area contributed by atoms with Crippen molar-refractivity contribution in [1.29, 1.82) is 5.26 Å². The van der Waals surface area contributed by atoms with Gasteiger partial charge in [0.1, 0.15) is 23.2 Å². The lowest BCUT2D eigenvalue weighted by molar-refractivity contribution is 0.0937. The van der Waals surface area contributed by atoms with Crippen LogP contribution in [0.3, 0.4) is 0 Å². The molecular weight excluding hydrogens is 300 g/mol. The second kappa shape index (κ2) is 6.18. The third-order valence-electron chi connectivity index (χ3n) is 3.03. The minimum Gasteiger partial charge on any atom is -0.382 e. The van der Waals surface area contributed by atoms with Crippen LogP contribution in [0.1, 0.15) is 27.9 Å². The summed E-state index contributed by atoms with van der Waals surface area (Å²) in [6.07, 6.45) is 0. The Morgan fingerprint density at radius 1 is 1.22 bits per heavy atom. The van der Waals surface area contributed by atoms with E-state index in [0.717, 1.165) is 0 Å². The van der Waals surface area contributed by atoms with Crippen LogP contribution in [0.4, 0.5) is 11.6 Å². The molecule has 2 heterocycles. The fourth-order valence-corrected chi connectivity index (χ4v) is 1.93. The third kappa shape index (κ3) is 3.46. The summed E-state index contributed by atoms with van der Waals surface area (Å²) < 4.78 is 2.66. The van der Waals surface area contributed by atoms with Gasteiger partial charge >= 0.3 is 0 Å². The van der Waals surface area contributed by atoms with E-state index < -0.39 is 17.9 Å². The summed E-state index contributed by atoms with van der Waals surface area (Å²) in [6, 6.07) is 4.11. The van der Waals surface area contributed by atoms with Crippen LogP contribution in [0.15, 0.2) is 12.1 Å². The first-order valence-electron chi connectivity index (χ1n) is 6.67. The standard InChI is InChI=1S/C13H16N8O2/c1-7(6-14)16-12(22)9-5-11(19-21(9)3)17-13(23)8-4-10(15)18-20(8)2/h4-5,7H,1-3H3,(H2,15,18)(H,16,22)(H,17,19,23). The van der Waals surface area contributed by atoms with Gasteiger partial charge in [0.25, 0.3) is 11.8 Å². The maximum atomic E-state index is 12.1. The van der Waals surface area contributed by atoms with Gasteiger partial charge in [0.15, 0.2) is 5.82 Å². The lowest BCUT2D eigenvalue weighted by Crippen LogP contribution is -2.32. The van der Waals surface area contributed by atoms with Crippen molar-refractivity contribution in [3.8, 4) is 6.07 Å². The van der Waals surface area contributed by atoms with Crippen LogP contribution in [0.25, 0.3) is 0 Å². The molecule has 0 aliphatic rings. The van der Waals surface area contributed by atoms with E-state index in [1.54, 1.807) is 21.0 Å². The zero-order valence-corrected chi connectivity index (χ0v) is 12.9. The Balaban J connectivity index is 2.15. The number of nitrogens with two attached hydrogens (primary N) is 1. The molecule has 0 spiro atoms. The molecule has 10 heteroatoms. The summed E-state index contributed by atoms with van der Waals surface area (Å²) >= 11 is 0. The molecule has 0 aromatic carbocycles. The van der Waals surface area contributed by atoms with Crippen molar-refractivity contribution < 1.29 is 9.59 Å². The van der Waals surface area contributed by atoms with E-state index in [1.165, 1.54) is 21.5 Å². The summed E-state index contributed by atoms with van der Waals surface area (Å²) in [5, 5.41) is 21.7. The van der Waals surface area contributed by atoms with Gasteiger partial charge in [-0.15, -0.1) is 0 Å². The normalized spacial score (nSPS) is 11.6. The molecule has 120 valence electrons. The minimum atomic E-state index is -0.632. The summed E-state index contributed by atoms with van der Waals surface area (Å²) in [6.45, 7) is 1.56. The second-order valence-electron chi connectivity index (χ2n) is 4.89. The van der Waals surface area contributed by atoms with Crippen LogP contribution in [0, 0.1) is 11.3 Å². The van der Waals surface area contributed by atoms with Crippen molar-refractivity contribution in [2.75, 3.05) is 11.1 Å². The molecule has 10 nitrogen and oxygen atoms in total. The Morgan fingerprint density at radius 2 is 1.83 bits per heavy atom. The highest BCUT2D eigenvalue weighted by Crippen LogP contribution is 2.12. The highest BCUT2D eigenvalue weighted by atomic mass is 16.2. The highest BCUT2D eigenvalue weighted by molar-refractivity contribution is 6.03. The van der Waals surface area contributed by atoms with E-state index in [-0.39, 0.29) is 23.0 Å². The molecule has 0 bridgehead atoms. The average Bonchev–Trinajstić information content (AvgIpc) is 3.00. The first-order valence-corrected chi connectivity index (χ1v) is 6.67. The van der Waals surface area contributed by atoms with Crippen molar-refractivity contribution in [2.45, 2.75) is 13.0 Å². The van der Waals surface area contributed by atoms with E-state index in [4.69, 9.17) is 11.0 Å². The Kier molecular flexibility index (Phi) is 4.31. The maximum Gasteiger partial charge on any atom is 0.275 e. The number of aromatic nitrogens is 4. The Morgan fingerprint density at radius 3 is 2.39 bits per heavy atom. The Bertz CT molecular complexity index is 797. The van der Waals surface area contributed by atoms with Gasteiger partial charge in [-0.2, -0.15) is 15.5 Å². The molecule has 0 saturated carbocycles. The summed E-state index contributed by atoms with van der Waals surface area (Å²) in [7, 11) is 3.15. The Labute approximate surface area is 131 Å². The van der Waals surface area contributed by atoms with Gasteiger partial charge in [0, 0.05) is 26.2 Å². The number of amides is 2. The van der Waals surface area contributed by atoms with Gasteiger partial charge < -0.3 is 16.4 Å². The monoisotopic (exact) mass is 316 g/mol. The van der Waals surface area contributed by atoms with Crippen LogP contribution in [0.2, 0.25) is 0 Å². The SMILES string of the molecule is CC(C#N)NC(=O)c1cc(NC(=O)c2cc(N)nn2C)nn1C. The van der Waals surface area contributed by atoms with Crippen LogP contribution in [-0.2, 0) is 14.1 Å². The van der Waals surface area contributed by atoms with Gasteiger partial charge in [-0.05, 0) is 6.92 Å². The molecule has 4 N–H and O–H groups in total. The van der Waals surface area contributed by atoms with Crippen LogP contribution in [0.5, 0.6) is 0 Å². The summed E-state index contributed by atoms with van der Waals surface area (Å²) in [4.78, 5) is 24.1. The first kappa shape index (κ1) is 16.0. The third-order valence-corrected chi connectivity index (χ3v) is 3.03. The van der Waals surface area contributed by atoms with E-state index in [1.807, 2.05) is 6.07 Å². The van der Waals surface area contributed by atoms with E-state index in [9.17, 15) is 9.59 Å². The number of anilines is 2.